The molecule has 0 spiro atoms. The van der Waals surface area contributed by atoms with E-state index in [2.05, 4.69) is 11.6 Å². The van der Waals surface area contributed by atoms with E-state index in [-0.39, 0.29) is 12.5 Å². The Bertz CT molecular complexity index is 457. The third-order valence-electron chi connectivity index (χ3n) is 4.38. The summed E-state index contributed by atoms with van der Waals surface area (Å²) in [5.41, 5.74) is -1.06. The highest BCUT2D eigenvalue weighted by Gasteiger charge is 2.49. The summed E-state index contributed by atoms with van der Waals surface area (Å²) >= 11 is 1.83. The maximum absolute atomic E-state index is 12.1. The fraction of sp³-hybridized carbons (Fsp3) is 0.875. The smallest absolute Gasteiger partial charge is 0.410 e. The molecule has 1 aliphatic carbocycles. The van der Waals surface area contributed by atoms with Gasteiger partial charge in [-0.15, -0.1) is 0 Å². The Labute approximate surface area is 142 Å². The molecule has 2 fully saturated rings. The molecule has 1 aliphatic heterocycles. The summed E-state index contributed by atoms with van der Waals surface area (Å²) in [6.07, 6.45) is 5.17. The molecule has 132 valence electrons. The first kappa shape index (κ1) is 18.4. The molecule has 0 aromatic heterocycles. The van der Waals surface area contributed by atoms with Crippen molar-refractivity contribution >= 4 is 23.8 Å². The fourth-order valence-corrected chi connectivity index (χ4v) is 4.39. The lowest BCUT2D eigenvalue weighted by molar-refractivity contribution is -0.141. The lowest BCUT2D eigenvalue weighted by atomic mass is 9.85. The number of nitrogens with one attached hydrogen (secondary N) is 1. The topological polar surface area (TPSA) is 78.9 Å². The van der Waals surface area contributed by atoms with Gasteiger partial charge < -0.3 is 20.1 Å². The van der Waals surface area contributed by atoms with E-state index in [1.807, 2.05) is 32.5 Å². The SMILES string of the molecule is CSC1CCCC1NC1(CC(=O)O)CN(C(=O)OC(C)(C)C)C1. The Balaban J connectivity index is 1.97. The van der Waals surface area contributed by atoms with E-state index in [0.717, 1.165) is 12.8 Å². The maximum atomic E-state index is 12.1. The molecule has 2 N–H and O–H groups in total. The summed E-state index contributed by atoms with van der Waals surface area (Å²) in [7, 11) is 0. The van der Waals surface area contributed by atoms with Crippen LogP contribution in [0, 0.1) is 0 Å². The van der Waals surface area contributed by atoms with E-state index < -0.39 is 17.1 Å². The van der Waals surface area contributed by atoms with E-state index >= 15 is 0 Å². The first-order valence-electron chi connectivity index (χ1n) is 8.14. The van der Waals surface area contributed by atoms with Gasteiger partial charge in [-0.2, -0.15) is 11.8 Å². The number of hydrogen-bond donors (Lipinski definition) is 2. The second-order valence-electron chi connectivity index (χ2n) is 7.64. The van der Waals surface area contributed by atoms with E-state index in [4.69, 9.17) is 4.74 Å². The number of amides is 1. The molecular formula is C16H28N2O4S. The Morgan fingerprint density at radius 1 is 1.35 bits per heavy atom. The third kappa shape index (κ3) is 4.76. The van der Waals surface area contributed by atoms with Gasteiger partial charge in [0.05, 0.1) is 12.0 Å². The Morgan fingerprint density at radius 2 is 2.00 bits per heavy atom. The van der Waals surface area contributed by atoms with Crippen molar-refractivity contribution in [3.05, 3.63) is 0 Å². The number of likely N-dealkylation sites (tertiary alicyclic amines) is 1. The molecule has 2 atom stereocenters. The summed E-state index contributed by atoms with van der Waals surface area (Å²) in [4.78, 5) is 24.9. The molecule has 1 saturated heterocycles. The van der Waals surface area contributed by atoms with Crippen LogP contribution in [0.3, 0.4) is 0 Å². The van der Waals surface area contributed by atoms with Gasteiger partial charge in [-0.25, -0.2) is 4.79 Å². The first-order chi connectivity index (χ1) is 10.6. The van der Waals surface area contributed by atoms with Crippen LogP contribution in [0.25, 0.3) is 0 Å². The average molecular weight is 344 g/mol. The van der Waals surface area contributed by atoms with Crippen LogP contribution in [0.2, 0.25) is 0 Å². The van der Waals surface area contributed by atoms with Crippen molar-refractivity contribution in [3.63, 3.8) is 0 Å². The number of rotatable bonds is 5. The number of carbonyl (C=O) groups is 2. The molecule has 0 radical (unpaired) electrons. The summed E-state index contributed by atoms with van der Waals surface area (Å²) in [5.74, 6) is -0.833. The highest BCUT2D eigenvalue weighted by Crippen LogP contribution is 2.34. The highest BCUT2D eigenvalue weighted by atomic mass is 32.2. The predicted octanol–water partition coefficient (Wildman–Crippen LogP) is 2.32. The number of aliphatic carboxylic acids is 1. The molecule has 2 rings (SSSR count). The van der Waals surface area contributed by atoms with Crippen molar-refractivity contribution in [2.24, 2.45) is 0 Å². The van der Waals surface area contributed by atoms with Gasteiger partial charge in [0.15, 0.2) is 0 Å². The molecule has 1 heterocycles. The summed E-state index contributed by atoms with van der Waals surface area (Å²) in [5, 5.41) is 13.3. The third-order valence-corrected chi connectivity index (χ3v) is 5.54. The average Bonchev–Trinajstić information content (AvgIpc) is 2.79. The minimum Gasteiger partial charge on any atom is -0.481 e. The van der Waals surface area contributed by atoms with Crippen LogP contribution in [-0.4, -0.2) is 63.8 Å². The molecule has 0 aromatic carbocycles. The van der Waals surface area contributed by atoms with E-state index in [0.29, 0.717) is 24.4 Å². The van der Waals surface area contributed by atoms with Gasteiger partial charge in [0.1, 0.15) is 5.60 Å². The van der Waals surface area contributed by atoms with E-state index in [1.165, 1.54) is 6.42 Å². The molecule has 1 saturated carbocycles. The van der Waals surface area contributed by atoms with Crippen molar-refractivity contribution < 1.29 is 19.4 Å². The van der Waals surface area contributed by atoms with Crippen molar-refractivity contribution in [1.29, 1.82) is 0 Å². The van der Waals surface area contributed by atoms with Crippen molar-refractivity contribution in [2.75, 3.05) is 19.3 Å². The number of ether oxygens (including phenoxy) is 1. The number of nitrogens with zero attached hydrogens (tertiary/aromatic N) is 1. The lowest BCUT2D eigenvalue weighted by Crippen LogP contribution is -2.73. The van der Waals surface area contributed by atoms with Crippen LogP contribution in [0.4, 0.5) is 4.79 Å². The number of carbonyl (C=O) groups excluding carboxylic acids is 1. The van der Waals surface area contributed by atoms with Crippen LogP contribution in [0.1, 0.15) is 46.5 Å². The molecule has 0 aromatic rings. The zero-order valence-electron chi connectivity index (χ0n) is 14.4. The highest BCUT2D eigenvalue weighted by molar-refractivity contribution is 7.99. The minimum atomic E-state index is -0.833. The number of carboxylic acids is 1. The van der Waals surface area contributed by atoms with Gasteiger partial charge in [-0.05, 0) is 39.9 Å². The molecule has 2 aliphatic rings. The minimum absolute atomic E-state index is 0.0316. The van der Waals surface area contributed by atoms with Gasteiger partial charge in [0.25, 0.3) is 0 Å². The van der Waals surface area contributed by atoms with Crippen molar-refractivity contribution in [2.45, 2.75) is 68.9 Å². The second-order valence-corrected chi connectivity index (χ2v) is 8.72. The van der Waals surface area contributed by atoms with E-state index in [1.54, 1.807) is 4.90 Å². The molecule has 23 heavy (non-hydrogen) atoms. The van der Waals surface area contributed by atoms with Gasteiger partial charge in [0.2, 0.25) is 0 Å². The maximum Gasteiger partial charge on any atom is 0.410 e. The largest absolute Gasteiger partial charge is 0.481 e. The first-order valence-corrected chi connectivity index (χ1v) is 9.43. The lowest BCUT2D eigenvalue weighted by Gasteiger charge is -2.51. The van der Waals surface area contributed by atoms with Gasteiger partial charge in [-0.3, -0.25) is 4.79 Å². The molecular weight excluding hydrogens is 316 g/mol. The van der Waals surface area contributed by atoms with Crippen molar-refractivity contribution in [1.82, 2.24) is 10.2 Å². The van der Waals surface area contributed by atoms with Crippen LogP contribution in [0.5, 0.6) is 0 Å². The van der Waals surface area contributed by atoms with Gasteiger partial charge >= 0.3 is 12.1 Å². The van der Waals surface area contributed by atoms with Crippen LogP contribution < -0.4 is 5.32 Å². The van der Waals surface area contributed by atoms with Crippen LogP contribution in [-0.2, 0) is 9.53 Å². The second kappa shape index (κ2) is 6.89. The van der Waals surface area contributed by atoms with E-state index in [9.17, 15) is 14.7 Å². The zero-order chi connectivity index (χ0) is 17.3. The molecule has 1 amide bonds. The molecule has 6 nitrogen and oxygen atoms in total. The summed E-state index contributed by atoms with van der Waals surface area (Å²) < 4.78 is 5.36. The Hall–Kier alpha value is -0.950. The zero-order valence-corrected chi connectivity index (χ0v) is 15.2. The molecule has 0 bridgehead atoms. The van der Waals surface area contributed by atoms with Crippen LogP contribution in [0.15, 0.2) is 0 Å². The fourth-order valence-electron chi connectivity index (χ4n) is 3.45. The number of thioether (sulfide) groups is 1. The quantitative estimate of drug-likeness (QED) is 0.797. The number of hydrogen-bond acceptors (Lipinski definition) is 5. The number of carboxylic acid groups (broad SMARTS) is 1. The normalized spacial score (nSPS) is 26.7. The standard InChI is InChI=1S/C16H28N2O4S/c1-15(2,3)22-14(21)18-9-16(10-18,8-13(19)20)17-11-6-5-7-12(11)23-4/h11-12,17H,5-10H2,1-4H3,(H,19,20). The summed E-state index contributed by atoms with van der Waals surface area (Å²) in [6.45, 7) is 6.27. The molecule has 2 unspecified atom stereocenters. The predicted molar refractivity (Wildman–Crippen MR) is 90.9 cm³/mol. The Kier molecular flexibility index (Phi) is 5.51. The van der Waals surface area contributed by atoms with Gasteiger partial charge in [0, 0.05) is 24.4 Å². The van der Waals surface area contributed by atoms with Crippen LogP contribution >= 0.6 is 11.8 Å². The molecule has 7 heteroatoms. The summed E-state index contributed by atoms with van der Waals surface area (Å²) in [6, 6.07) is 0.324. The van der Waals surface area contributed by atoms with Gasteiger partial charge in [-0.1, -0.05) is 6.42 Å². The Morgan fingerprint density at radius 3 is 2.52 bits per heavy atom. The monoisotopic (exact) mass is 344 g/mol. The van der Waals surface area contributed by atoms with Crippen molar-refractivity contribution in [3.8, 4) is 0 Å².